The second-order valence-electron chi connectivity index (χ2n) is 3.07. The first-order valence-corrected chi connectivity index (χ1v) is 3.96. The molecule has 0 fully saturated rings. The van der Waals surface area contributed by atoms with Gasteiger partial charge >= 0.3 is 5.97 Å². The zero-order valence-electron chi connectivity index (χ0n) is 7.70. The van der Waals surface area contributed by atoms with Gasteiger partial charge in [-0.25, -0.2) is 0 Å². The van der Waals surface area contributed by atoms with E-state index < -0.39 is 17.9 Å². The number of carbonyl (C=O) groups is 2. The number of nitrogens with one attached hydrogen (secondary N) is 1. The van der Waals surface area contributed by atoms with Gasteiger partial charge in [-0.1, -0.05) is 13.8 Å². The lowest BCUT2D eigenvalue weighted by Gasteiger charge is -2.18. The van der Waals surface area contributed by atoms with E-state index >= 15 is 0 Å². The Morgan fingerprint density at radius 2 is 2.08 bits per heavy atom. The molecule has 4 heteroatoms. The highest BCUT2D eigenvalue weighted by Crippen LogP contribution is 2.05. The highest BCUT2D eigenvalue weighted by atomic mass is 16.4. The number of aliphatic carboxylic acids is 1. The van der Waals surface area contributed by atoms with Crippen LogP contribution < -0.4 is 5.32 Å². The predicted octanol–water partition coefficient (Wildman–Crippen LogP) is 0.235. The number of hydrogen-bond acceptors (Lipinski definition) is 2. The number of carboxylic acids is 1. The molecule has 0 rings (SSSR count). The minimum absolute atomic E-state index is 0.0494. The first-order chi connectivity index (χ1) is 5.97. The van der Waals surface area contributed by atoms with Gasteiger partial charge in [0.2, 0.25) is 0 Å². The molecular formula is C9H13NO3. The maximum Gasteiger partial charge on any atom is 0.305 e. The fourth-order valence-electron chi connectivity index (χ4n) is 0.852. The molecule has 1 atom stereocenters. The Hall–Kier alpha value is -1.50. The van der Waals surface area contributed by atoms with E-state index in [4.69, 9.17) is 11.5 Å². The van der Waals surface area contributed by atoms with E-state index in [1.165, 1.54) is 0 Å². The Morgan fingerprint density at radius 3 is 2.38 bits per heavy atom. The Kier molecular flexibility index (Phi) is 4.60. The SMILES string of the molecule is C#CC(=O)NC(CC(=O)O)C(C)C. The monoisotopic (exact) mass is 183 g/mol. The van der Waals surface area contributed by atoms with Crippen molar-refractivity contribution >= 4 is 11.9 Å². The van der Waals surface area contributed by atoms with Crippen LogP contribution in [-0.2, 0) is 9.59 Å². The maximum absolute atomic E-state index is 10.8. The zero-order valence-corrected chi connectivity index (χ0v) is 7.70. The van der Waals surface area contributed by atoms with Crippen LogP contribution in [0.4, 0.5) is 0 Å². The van der Waals surface area contributed by atoms with E-state index in [9.17, 15) is 9.59 Å². The number of terminal acetylenes is 1. The Balaban J connectivity index is 4.20. The molecule has 0 radical (unpaired) electrons. The molecule has 1 unspecified atom stereocenters. The average molecular weight is 183 g/mol. The number of carbonyl (C=O) groups excluding carboxylic acids is 1. The number of carboxylic acid groups (broad SMARTS) is 1. The molecule has 0 aliphatic rings. The van der Waals surface area contributed by atoms with Crippen molar-refractivity contribution in [1.82, 2.24) is 5.32 Å². The normalized spacial score (nSPS) is 11.8. The highest BCUT2D eigenvalue weighted by Gasteiger charge is 2.18. The summed E-state index contributed by atoms with van der Waals surface area (Å²) in [4.78, 5) is 21.1. The molecule has 13 heavy (non-hydrogen) atoms. The van der Waals surface area contributed by atoms with Crippen LogP contribution in [0.2, 0.25) is 0 Å². The molecule has 0 aromatic heterocycles. The molecule has 0 saturated carbocycles. The standard InChI is InChI=1S/C9H13NO3/c1-4-8(11)10-7(6(2)3)5-9(12)13/h1,6-7H,5H2,2-3H3,(H,10,11)(H,12,13). The van der Waals surface area contributed by atoms with Crippen molar-refractivity contribution in [2.45, 2.75) is 26.3 Å². The summed E-state index contributed by atoms with van der Waals surface area (Å²) in [7, 11) is 0. The third-order valence-corrected chi connectivity index (χ3v) is 1.65. The summed E-state index contributed by atoms with van der Waals surface area (Å²) in [5.41, 5.74) is 0. The molecule has 2 N–H and O–H groups in total. The van der Waals surface area contributed by atoms with Gasteiger partial charge in [0.25, 0.3) is 5.91 Å². The summed E-state index contributed by atoms with van der Waals surface area (Å²) in [6.45, 7) is 3.65. The number of rotatable bonds is 4. The first-order valence-electron chi connectivity index (χ1n) is 3.96. The summed E-state index contributed by atoms with van der Waals surface area (Å²) < 4.78 is 0. The van der Waals surface area contributed by atoms with Crippen molar-refractivity contribution in [3.05, 3.63) is 0 Å². The fraction of sp³-hybridized carbons (Fsp3) is 0.556. The van der Waals surface area contributed by atoms with Gasteiger partial charge in [0.15, 0.2) is 0 Å². The van der Waals surface area contributed by atoms with Crippen LogP contribution in [-0.4, -0.2) is 23.0 Å². The third-order valence-electron chi connectivity index (χ3n) is 1.65. The van der Waals surface area contributed by atoms with Gasteiger partial charge in [-0.15, -0.1) is 6.42 Å². The molecule has 72 valence electrons. The van der Waals surface area contributed by atoms with E-state index in [1.807, 2.05) is 19.8 Å². The topological polar surface area (TPSA) is 66.4 Å². The van der Waals surface area contributed by atoms with Crippen molar-refractivity contribution in [2.75, 3.05) is 0 Å². The lowest BCUT2D eigenvalue weighted by atomic mass is 10.0. The molecule has 0 aromatic rings. The quantitative estimate of drug-likeness (QED) is 0.613. The van der Waals surface area contributed by atoms with Crippen molar-refractivity contribution in [1.29, 1.82) is 0 Å². The van der Waals surface area contributed by atoms with Crippen LogP contribution >= 0.6 is 0 Å². The van der Waals surface area contributed by atoms with Crippen molar-refractivity contribution in [3.63, 3.8) is 0 Å². The van der Waals surface area contributed by atoms with Crippen molar-refractivity contribution < 1.29 is 14.7 Å². The Labute approximate surface area is 77.3 Å². The fourth-order valence-corrected chi connectivity index (χ4v) is 0.852. The van der Waals surface area contributed by atoms with E-state index in [0.717, 1.165) is 0 Å². The Bertz CT molecular complexity index is 240. The van der Waals surface area contributed by atoms with Gasteiger partial charge in [0, 0.05) is 6.04 Å². The van der Waals surface area contributed by atoms with Crippen LogP contribution in [0.1, 0.15) is 20.3 Å². The molecule has 1 amide bonds. The molecule has 0 heterocycles. The lowest BCUT2D eigenvalue weighted by molar-refractivity contribution is -0.138. The van der Waals surface area contributed by atoms with E-state index in [1.54, 1.807) is 0 Å². The zero-order chi connectivity index (χ0) is 10.4. The average Bonchev–Trinajstić information content (AvgIpc) is 2.02. The summed E-state index contributed by atoms with van der Waals surface area (Å²) in [6, 6.07) is -0.402. The van der Waals surface area contributed by atoms with Crippen LogP contribution in [0.15, 0.2) is 0 Å². The van der Waals surface area contributed by atoms with Crippen LogP contribution in [0.25, 0.3) is 0 Å². The van der Waals surface area contributed by atoms with Gasteiger partial charge < -0.3 is 10.4 Å². The van der Waals surface area contributed by atoms with Crippen molar-refractivity contribution in [2.24, 2.45) is 5.92 Å². The van der Waals surface area contributed by atoms with E-state index in [-0.39, 0.29) is 12.3 Å². The molecular weight excluding hydrogens is 170 g/mol. The lowest BCUT2D eigenvalue weighted by Crippen LogP contribution is -2.39. The second-order valence-corrected chi connectivity index (χ2v) is 3.07. The minimum atomic E-state index is -0.948. The van der Waals surface area contributed by atoms with Gasteiger partial charge in [-0.05, 0) is 11.8 Å². The van der Waals surface area contributed by atoms with Gasteiger partial charge in [0.1, 0.15) is 0 Å². The maximum atomic E-state index is 10.8. The Morgan fingerprint density at radius 1 is 1.54 bits per heavy atom. The highest BCUT2D eigenvalue weighted by molar-refractivity contribution is 5.93. The molecule has 0 saturated heterocycles. The summed E-state index contributed by atoms with van der Waals surface area (Å²) >= 11 is 0. The van der Waals surface area contributed by atoms with Gasteiger partial charge in [-0.2, -0.15) is 0 Å². The van der Waals surface area contributed by atoms with Gasteiger partial charge in [0.05, 0.1) is 6.42 Å². The van der Waals surface area contributed by atoms with Crippen molar-refractivity contribution in [3.8, 4) is 12.3 Å². The summed E-state index contributed by atoms with van der Waals surface area (Å²) in [5.74, 6) is 0.412. The summed E-state index contributed by atoms with van der Waals surface area (Å²) in [5, 5.41) is 11.0. The van der Waals surface area contributed by atoms with E-state index in [2.05, 4.69) is 5.32 Å². The minimum Gasteiger partial charge on any atom is -0.481 e. The number of amides is 1. The molecule has 0 aliphatic heterocycles. The smallest absolute Gasteiger partial charge is 0.305 e. The second kappa shape index (κ2) is 5.20. The molecule has 0 aromatic carbocycles. The largest absolute Gasteiger partial charge is 0.481 e. The molecule has 4 nitrogen and oxygen atoms in total. The summed E-state index contributed by atoms with van der Waals surface area (Å²) in [6.07, 6.45) is 4.74. The molecule has 0 aliphatic carbocycles. The van der Waals surface area contributed by atoms with E-state index in [0.29, 0.717) is 0 Å². The molecule has 0 spiro atoms. The van der Waals surface area contributed by atoms with Crippen LogP contribution in [0.5, 0.6) is 0 Å². The number of hydrogen-bond donors (Lipinski definition) is 2. The van der Waals surface area contributed by atoms with Crippen LogP contribution in [0, 0.1) is 18.3 Å². The van der Waals surface area contributed by atoms with Crippen LogP contribution in [0.3, 0.4) is 0 Å². The predicted molar refractivity (Wildman–Crippen MR) is 47.9 cm³/mol. The van der Waals surface area contributed by atoms with Gasteiger partial charge in [-0.3, -0.25) is 9.59 Å². The first kappa shape index (κ1) is 11.5. The molecule has 0 bridgehead atoms. The third kappa shape index (κ3) is 4.86.